The monoisotopic (exact) mass is 235 g/mol. The normalized spacial score (nSPS) is 25.7. The molecule has 2 rings (SSSR count). The van der Waals surface area contributed by atoms with Gasteiger partial charge in [-0.05, 0) is 26.7 Å². The standard InChI is InChI=1S/C14H25N3/c1-14(2,12-15)17-10-8-16(9-11-17)13-6-4-3-5-7-13/h13H,3-11H2,1-2H3. The Kier molecular flexibility index (Phi) is 4.06. The lowest BCUT2D eigenvalue weighted by Gasteiger charge is -2.44. The lowest BCUT2D eigenvalue weighted by Crippen LogP contribution is -2.56. The number of hydrogen-bond donors (Lipinski definition) is 0. The van der Waals surface area contributed by atoms with Gasteiger partial charge in [0.2, 0.25) is 0 Å². The van der Waals surface area contributed by atoms with Crippen LogP contribution in [0.4, 0.5) is 0 Å². The summed E-state index contributed by atoms with van der Waals surface area (Å²) >= 11 is 0. The van der Waals surface area contributed by atoms with Crippen LogP contribution in [0.3, 0.4) is 0 Å². The van der Waals surface area contributed by atoms with Crippen molar-refractivity contribution in [2.24, 2.45) is 0 Å². The summed E-state index contributed by atoms with van der Waals surface area (Å²) in [6.45, 7) is 8.46. The van der Waals surface area contributed by atoms with Gasteiger partial charge in [0.05, 0.1) is 6.07 Å². The fourth-order valence-corrected chi connectivity index (χ4v) is 3.16. The van der Waals surface area contributed by atoms with Gasteiger partial charge in [-0.2, -0.15) is 5.26 Å². The van der Waals surface area contributed by atoms with Gasteiger partial charge in [0, 0.05) is 32.2 Å². The molecule has 96 valence electrons. The lowest BCUT2D eigenvalue weighted by molar-refractivity contribution is 0.0457. The second-order valence-corrected chi connectivity index (χ2v) is 5.99. The van der Waals surface area contributed by atoms with Crippen molar-refractivity contribution in [3.63, 3.8) is 0 Å². The number of rotatable bonds is 2. The van der Waals surface area contributed by atoms with Crippen molar-refractivity contribution in [3.8, 4) is 6.07 Å². The molecule has 0 aromatic heterocycles. The summed E-state index contributed by atoms with van der Waals surface area (Å²) in [4.78, 5) is 4.98. The Hall–Kier alpha value is -0.590. The average molecular weight is 235 g/mol. The van der Waals surface area contributed by atoms with E-state index in [4.69, 9.17) is 5.26 Å². The minimum atomic E-state index is -0.293. The van der Waals surface area contributed by atoms with Gasteiger partial charge >= 0.3 is 0 Å². The van der Waals surface area contributed by atoms with E-state index in [2.05, 4.69) is 15.9 Å². The molecule has 17 heavy (non-hydrogen) atoms. The van der Waals surface area contributed by atoms with Crippen LogP contribution in [0.25, 0.3) is 0 Å². The lowest BCUT2D eigenvalue weighted by atomic mass is 9.93. The molecule has 0 atom stereocenters. The molecule has 2 aliphatic rings. The molecule has 2 fully saturated rings. The third kappa shape index (κ3) is 3.00. The summed E-state index contributed by atoms with van der Waals surface area (Å²) < 4.78 is 0. The van der Waals surface area contributed by atoms with Crippen LogP contribution < -0.4 is 0 Å². The first kappa shape index (κ1) is 12.9. The van der Waals surface area contributed by atoms with E-state index in [9.17, 15) is 0 Å². The number of piperazine rings is 1. The van der Waals surface area contributed by atoms with Crippen LogP contribution in [-0.4, -0.2) is 47.6 Å². The Morgan fingerprint density at radius 2 is 1.59 bits per heavy atom. The van der Waals surface area contributed by atoms with Crippen molar-refractivity contribution >= 4 is 0 Å². The summed E-state index contributed by atoms with van der Waals surface area (Å²) in [5.41, 5.74) is -0.293. The van der Waals surface area contributed by atoms with Crippen LogP contribution in [0, 0.1) is 11.3 Å². The molecule has 0 radical (unpaired) electrons. The maximum Gasteiger partial charge on any atom is 0.103 e. The van der Waals surface area contributed by atoms with Crippen LogP contribution in [0.2, 0.25) is 0 Å². The quantitative estimate of drug-likeness (QED) is 0.735. The molecule has 0 aromatic carbocycles. The molecule has 1 heterocycles. The molecule has 0 N–H and O–H groups in total. The summed E-state index contributed by atoms with van der Waals surface area (Å²) in [6, 6.07) is 3.24. The fourth-order valence-electron chi connectivity index (χ4n) is 3.16. The average Bonchev–Trinajstić information content (AvgIpc) is 2.40. The van der Waals surface area contributed by atoms with Gasteiger partial charge in [-0.3, -0.25) is 9.80 Å². The summed E-state index contributed by atoms with van der Waals surface area (Å²) in [5, 5.41) is 9.16. The van der Waals surface area contributed by atoms with Crippen LogP contribution in [0.5, 0.6) is 0 Å². The van der Waals surface area contributed by atoms with E-state index in [1.165, 1.54) is 32.1 Å². The highest BCUT2D eigenvalue weighted by atomic mass is 15.3. The third-order valence-corrected chi connectivity index (χ3v) is 4.47. The zero-order chi connectivity index (χ0) is 12.3. The van der Waals surface area contributed by atoms with Gasteiger partial charge in [-0.25, -0.2) is 0 Å². The Labute approximate surface area is 105 Å². The smallest absolute Gasteiger partial charge is 0.103 e. The molecule has 1 saturated carbocycles. The van der Waals surface area contributed by atoms with E-state index in [1.807, 2.05) is 13.8 Å². The molecular weight excluding hydrogens is 210 g/mol. The van der Waals surface area contributed by atoms with E-state index >= 15 is 0 Å². The molecular formula is C14H25N3. The second-order valence-electron chi connectivity index (χ2n) is 5.99. The van der Waals surface area contributed by atoms with Crippen LogP contribution in [0.1, 0.15) is 46.0 Å². The first-order chi connectivity index (χ1) is 8.13. The minimum Gasteiger partial charge on any atom is -0.298 e. The number of hydrogen-bond acceptors (Lipinski definition) is 3. The highest BCUT2D eigenvalue weighted by Gasteiger charge is 2.32. The first-order valence-corrected chi connectivity index (χ1v) is 7.04. The van der Waals surface area contributed by atoms with Crippen molar-refractivity contribution in [1.82, 2.24) is 9.80 Å². The van der Waals surface area contributed by atoms with Crippen molar-refractivity contribution < 1.29 is 0 Å². The van der Waals surface area contributed by atoms with Crippen molar-refractivity contribution in [3.05, 3.63) is 0 Å². The Bertz CT molecular complexity index is 278. The fraction of sp³-hybridized carbons (Fsp3) is 0.929. The predicted octanol–water partition coefficient (Wildman–Crippen LogP) is 2.24. The maximum absolute atomic E-state index is 9.16. The summed E-state index contributed by atoms with van der Waals surface area (Å²) in [7, 11) is 0. The van der Waals surface area contributed by atoms with Crippen LogP contribution >= 0.6 is 0 Å². The molecule has 3 heteroatoms. The summed E-state index contributed by atoms with van der Waals surface area (Å²) in [5.74, 6) is 0. The molecule has 1 saturated heterocycles. The van der Waals surface area contributed by atoms with Gasteiger partial charge in [0.25, 0.3) is 0 Å². The van der Waals surface area contributed by atoms with Crippen LogP contribution in [0.15, 0.2) is 0 Å². The molecule has 0 amide bonds. The second kappa shape index (κ2) is 5.37. The highest BCUT2D eigenvalue weighted by Crippen LogP contribution is 2.25. The molecule has 1 aliphatic heterocycles. The number of nitrogens with zero attached hydrogens (tertiary/aromatic N) is 3. The van der Waals surface area contributed by atoms with Crippen molar-refractivity contribution in [2.75, 3.05) is 26.2 Å². The predicted molar refractivity (Wildman–Crippen MR) is 69.7 cm³/mol. The van der Waals surface area contributed by atoms with Gasteiger partial charge in [-0.15, -0.1) is 0 Å². The zero-order valence-corrected chi connectivity index (χ0v) is 11.3. The van der Waals surface area contributed by atoms with Gasteiger partial charge in [0.15, 0.2) is 0 Å². The Morgan fingerprint density at radius 1 is 1.00 bits per heavy atom. The maximum atomic E-state index is 9.16. The highest BCUT2D eigenvalue weighted by molar-refractivity contribution is 5.03. The molecule has 1 aliphatic carbocycles. The first-order valence-electron chi connectivity index (χ1n) is 7.04. The molecule has 0 unspecified atom stereocenters. The van der Waals surface area contributed by atoms with Crippen molar-refractivity contribution in [1.29, 1.82) is 5.26 Å². The van der Waals surface area contributed by atoms with E-state index < -0.39 is 0 Å². The van der Waals surface area contributed by atoms with E-state index in [-0.39, 0.29) is 5.54 Å². The molecule has 0 spiro atoms. The van der Waals surface area contributed by atoms with E-state index in [0.29, 0.717) is 0 Å². The molecule has 3 nitrogen and oxygen atoms in total. The third-order valence-electron chi connectivity index (χ3n) is 4.47. The minimum absolute atomic E-state index is 0.293. The molecule has 0 bridgehead atoms. The zero-order valence-electron chi connectivity index (χ0n) is 11.3. The van der Waals surface area contributed by atoms with Gasteiger partial charge < -0.3 is 0 Å². The van der Waals surface area contributed by atoms with Crippen molar-refractivity contribution in [2.45, 2.75) is 57.5 Å². The van der Waals surface area contributed by atoms with E-state index in [1.54, 1.807) is 0 Å². The van der Waals surface area contributed by atoms with E-state index in [0.717, 1.165) is 32.2 Å². The summed E-state index contributed by atoms with van der Waals surface area (Å²) in [6.07, 6.45) is 7.03. The molecule has 0 aromatic rings. The van der Waals surface area contributed by atoms with Gasteiger partial charge in [0.1, 0.15) is 5.54 Å². The largest absolute Gasteiger partial charge is 0.298 e. The van der Waals surface area contributed by atoms with Gasteiger partial charge in [-0.1, -0.05) is 19.3 Å². The Morgan fingerprint density at radius 3 is 2.12 bits per heavy atom. The van der Waals surface area contributed by atoms with Crippen LogP contribution in [-0.2, 0) is 0 Å². The topological polar surface area (TPSA) is 30.3 Å². The number of nitriles is 1. The SMILES string of the molecule is CC(C)(C#N)N1CCN(C2CCCCC2)CC1. The Balaban J connectivity index is 1.83.